The van der Waals surface area contributed by atoms with Crippen LogP contribution in [-0.2, 0) is 6.42 Å². The van der Waals surface area contributed by atoms with Crippen molar-refractivity contribution < 1.29 is 0 Å². The van der Waals surface area contributed by atoms with Gasteiger partial charge in [-0.25, -0.2) is 0 Å². The van der Waals surface area contributed by atoms with E-state index in [0.29, 0.717) is 0 Å². The van der Waals surface area contributed by atoms with E-state index in [-0.39, 0.29) is 0 Å². The molecule has 0 spiro atoms. The van der Waals surface area contributed by atoms with Crippen molar-refractivity contribution in [2.24, 2.45) is 4.99 Å². The second-order valence-electron chi connectivity index (χ2n) is 5.83. The molecule has 4 heteroatoms. The topological polar surface area (TPSA) is 40.5 Å². The smallest absolute Gasteiger partial charge is 0.193 e. The van der Waals surface area contributed by atoms with Crippen LogP contribution in [0.2, 0.25) is 0 Å². The summed E-state index contributed by atoms with van der Waals surface area (Å²) in [5, 5.41) is 4.55. The number of allylic oxidation sites excluding steroid dienone is 1. The summed E-state index contributed by atoms with van der Waals surface area (Å²) in [4.78, 5) is 11.5. The van der Waals surface area contributed by atoms with Crippen LogP contribution in [0.15, 0.2) is 54.2 Å². The van der Waals surface area contributed by atoms with Gasteiger partial charge in [-0.05, 0) is 37.8 Å². The van der Waals surface area contributed by atoms with E-state index in [2.05, 4.69) is 60.0 Å². The number of nitrogens with zero attached hydrogens (tertiary/aromatic N) is 3. The first-order valence-corrected chi connectivity index (χ1v) is 8.69. The van der Waals surface area contributed by atoms with E-state index in [4.69, 9.17) is 4.99 Å². The Hall–Kier alpha value is -2.36. The summed E-state index contributed by atoms with van der Waals surface area (Å²) in [6, 6.07) is 10.4. The van der Waals surface area contributed by atoms with E-state index in [1.165, 1.54) is 10.9 Å². The molecule has 0 aliphatic rings. The summed E-state index contributed by atoms with van der Waals surface area (Å²) in [6.07, 6.45) is 6.84. The van der Waals surface area contributed by atoms with Gasteiger partial charge in [0.15, 0.2) is 5.96 Å². The van der Waals surface area contributed by atoms with E-state index < -0.39 is 0 Å². The van der Waals surface area contributed by atoms with Crippen molar-refractivity contribution in [3.63, 3.8) is 0 Å². The monoisotopic (exact) mass is 324 g/mol. The molecule has 0 aliphatic heterocycles. The predicted molar refractivity (Wildman–Crippen MR) is 103 cm³/mol. The Morgan fingerprint density at radius 2 is 2.17 bits per heavy atom. The summed E-state index contributed by atoms with van der Waals surface area (Å²) in [7, 11) is 2.09. The molecule has 0 bridgehead atoms. The SMILES string of the molecule is C=CCCCN(C)C(=NCCc1cccc2cccnc12)NCC. The van der Waals surface area contributed by atoms with Crippen molar-refractivity contribution in [1.29, 1.82) is 0 Å². The van der Waals surface area contributed by atoms with Crippen molar-refractivity contribution in [3.8, 4) is 0 Å². The zero-order valence-corrected chi connectivity index (χ0v) is 14.8. The van der Waals surface area contributed by atoms with Crippen molar-refractivity contribution in [1.82, 2.24) is 15.2 Å². The van der Waals surface area contributed by atoms with Crippen molar-refractivity contribution in [3.05, 3.63) is 54.7 Å². The fourth-order valence-electron chi connectivity index (χ4n) is 2.70. The molecular weight excluding hydrogens is 296 g/mol. The first-order valence-electron chi connectivity index (χ1n) is 8.69. The first-order chi connectivity index (χ1) is 11.8. The van der Waals surface area contributed by atoms with Crippen LogP contribution in [0.4, 0.5) is 0 Å². The minimum atomic E-state index is 0.754. The highest BCUT2D eigenvalue weighted by atomic mass is 15.3. The van der Waals surface area contributed by atoms with Gasteiger partial charge in [0.2, 0.25) is 0 Å². The first kappa shape index (κ1) is 18.0. The Morgan fingerprint density at radius 3 is 2.96 bits per heavy atom. The average Bonchev–Trinajstić information content (AvgIpc) is 2.61. The average molecular weight is 324 g/mol. The number of hydrogen-bond donors (Lipinski definition) is 1. The molecule has 0 saturated heterocycles. The van der Waals surface area contributed by atoms with E-state index >= 15 is 0 Å². The highest BCUT2D eigenvalue weighted by molar-refractivity contribution is 5.82. The fraction of sp³-hybridized carbons (Fsp3) is 0.400. The Morgan fingerprint density at radius 1 is 1.33 bits per heavy atom. The van der Waals surface area contributed by atoms with Crippen LogP contribution in [-0.4, -0.2) is 42.5 Å². The number of unbranched alkanes of at least 4 members (excludes halogenated alkanes) is 1. The van der Waals surface area contributed by atoms with Gasteiger partial charge >= 0.3 is 0 Å². The predicted octanol–water partition coefficient (Wildman–Crippen LogP) is 3.64. The lowest BCUT2D eigenvalue weighted by molar-refractivity contribution is 0.470. The number of rotatable bonds is 8. The van der Waals surface area contributed by atoms with E-state index in [1.807, 2.05) is 18.3 Å². The van der Waals surface area contributed by atoms with Gasteiger partial charge < -0.3 is 10.2 Å². The van der Waals surface area contributed by atoms with E-state index in [0.717, 1.165) is 50.4 Å². The number of para-hydroxylation sites is 1. The number of aromatic nitrogens is 1. The molecule has 0 atom stereocenters. The van der Waals surface area contributed by atoms with Gasteiger partial charge in [0.05, 0.1) is 5.52 Å². The molecular formula is C20H28N4. The molecule has 0 fully saturated rings. The van der Waals surface area contributed by atoms with Crippen LogP contribution >= 0.6 is 0 Å². The quantitative estimate of drug-likeness (QED) is 0.349. The number of aliphatic imine (C=N–C) groups is 1. The van der Waals surface area contributed by atoms with Gasteiger partial charge in [-0.15, -0.1) is 6.58 Å². The third-order valence-corrected chi connectivity index (χ3v) is 3.96. The van der Waals surface area contributed by atoms with Gasteiger partial charge in [-0.2, -0.15) is 0 Å². The standard InChI is InChI=1S/C20H28N4/c1-4-6-7-16-24(3)20(21-5-2)23-15-13-18-11-8-10-17-12-9-14-22-19(17)18/h4,8-12,14H,1,5-7,13,15-16H2,2-3H3,(H,21,23). The van der Waals surface area contributed by atoms with E-state index in [9.17, 15) is 0 Å². The Labute approximate surface area is 145 Å². The normalized spacial score (nSPS) is 11.5. The summed E-state index contributed by atoms with van der Waals surface area (Å²) in [6.45, 7) is 8.48. The lowest BCUT2D eigenvalue weighted by Gasteiger charge is -2.21. The van der Waals surface area contributed by atoms with Crippen LogP contribution in [0.1, 0.15) is 25.3 Å². The molecule has 0 unspecified atom stereocenters. The molecule has 1 aromatic heterocycles. The molecule has 2 rings (SSSR count). The van der Waals surface area contributed by atoms with Crippen LogP contribution in [0.3, 0.4) is 0 Å². The molecule has 4 nitrogen and oxygen atoms in total. The van der Waals surface area contributed by atoms with Crippen LogP contribution in [0.25, 0.3) is 10.9 Å². The molecule has 128 valence electrons. The highest BCUT2D eigenvalue weighted by Crippen LogP contribution is 2.16. The number of fused-ring (bicyclic) bond motifs is 1. The zero-order valence-electron chi connectivity index (χ0n) is 14.8. The summed E-state index contributed by atoms with van der Waals surface area (Å²) < 4.78 is 0. The lowest BCUT2D eigenvalue weighted by atomic mass is 10.1. The lowest BCUT2D eigenvalue weighted by Crippen LogP contribution is -2.39. The minimum Gasteiger partial charge on any atom is -0.357 e. The molecule has 1 heterocycles. The highest BCUT2D eigenvalue weighted by Gasteiger charge is 2.05. The second kappa shape index (κ2) is 9.71. The number of pyridine rings is 1. The third kappa shape index (κ3) is 5.08. The molecule has 0 amide bonds. The van der Waals surface area contributed by atoms with E-state index in [1.54, 1.807) is 0 Å². The van der Waals surface area contributed by atoms with Gasteiger partial charge in [-0.3, -0.25) is 9.98 Å². The maximum atomic E-state index is 4.77. The third-order valence-electron chi connectivity index (χ3n) is 3.96. The molecule has 2 aromatic rings. The number of guanidine groups is 1. The van der Waals surface area contributed by atoms with Crippen molar-refractivity contribution in [2.75, 3.05) is 26.7 Å². The Kier molecular flexibility index (Phi) is 7.27. The molecule has 0 aliphatic carbocycles. The number of nitrogens with one attached hydrogen (secondary N) is 1. The summed E-state index contributed by atoms with van der Waals surface area (Å²) in [5.41, 5.74) is 2.33. The van der Waals surface area contributed by atoms with Gasteiger partial charge in [0.25, 0.3) is 0 Å². The van der Waals surface area contributed by atoms with Crippen molar-refractivity contribution >= 4 is 16.9 Å². The molecule has 1 aromatic carbocycles. The van der Waals surface area contributed by atoms with Gasteiger partial charge in [0, 0.05) is 38.3 Å². The second-order valence-corrected chi connectivity index (χ2v) is 5.83. The maximum Gasteiger partial charge on any atom is 0.193 e. The maximum absolute atomic E-state index is 4.77. The Bertz CT molecular complexity index is 673. The van der Waals surface area contributed by atoms with Crippen molar-refractivity contribution in [2.45, 2.75) is 26.2 Å². The summed E-state index contributed by atoms with van der Waals surface area (Å²) in [5.74, 6) is 0.967. The number of hydrogen-bond acceptors (Lipinski definition) is 2. The summed E-state index contributed by atoms with van der Waals surface area (Å²) >= 11 is 0. The molecule has 1 N–H and O–H groups in total. The Balaban J connectivity index is 2.01. The van der Waals surface area contributed by atoms with Crippen LogP contribution < -0.4 is 5.32 Å². The van der Waals surface area contributed by atoms with Gasteiger partial charge in [-0.1, -0.05) is 30.3 Å². The van der Waals surface area contributed by atoms with Crippen LogP contribution in [0, 0.1) is 0 Å². The fourth-order valence-corrected chi connectivity index (χ4v) is 2.70. The molecule has 0 saturated carbocycles. The van der Waals surface area contributed by atoms with Gasteiger partial charge in [0.1, 0.15) is 0 Å². The zero-order chi connectivity index (χ0) is 17.2. The largest absolute Gasteiger partial charge is 0.357 e. The van der Waals surface area contributed by atoms with Crippen LogP contribution in [0.5, 0.6) is 0 Å². The minimum absolute atomic E-state index is 0.754. The number of benzene rings is 1. The molecule has 24 heavy (non-hydrogen) atoms. The molecule has 0 radical (unpaired) electrons.